The Bertz CT molecular complexity index is 942. The zero-order valence-corrected chi connectivity index (χ0v) is 15.9. The highest BCUT2D eigenvalue weighted by molar-refractivity contribution is 6.31. The maximum atomic E-state index is 12.5. The second-order valence-corrected chi connectivity index (χ2v) is 6.47. The van der Waals surface area contributed by atoms with Crippen molar-refractivity contribution in [2.75, 3.05) is 12.4 Å². The molecule has 0 aliphatic rings. The van der Waals surface area contributed by atoms with E-state index in [1.165, 1.54) is 0 Å². The van der Waals surface area contributed by atoms with E-state index in [2.05, 4.69) is 5.32 Å². The van der Waals surface area contributed by atoms with Crippen LogP contribution in [0.4, 0.5) is 5.69 Å². The number of carbonyl (C=O) groups excluding carboxylic acids is 1. The van der Waals surface area contributed by atoms with Crippen LogP contribution in [0.25, 0.3) is 0 Å². The van der Waals surface area contributed by atoms with E-state index in [1.807, 2.05) is 49.4 Å². The van der Waals surface area contributed by atoms with Crippen molar-refractivity contribution in [2.24, 2.45) is 0 Å². The average molecular weight is 382 g/mol. The van der Waals surface area contributed by atoms with Crippen LogP contribution < -0.4 is 14.8 Å². The third-order valence-electron chi connectivity index (χ3n) is 4.09. The van der Waals surface area contributed by atoms with Crippen LogP contribution in [0.1, 0.15) is 21.5 Å². The van der Waals surface area contributed by atoms with Gasteiger partial charge in [-0.05, 0) is 48.4 Å². The molecule has 0 aromatic heterocycles. The molecule has 3 rings (SSSR count). The van der Waals surface area contributed by atoms with Crippen LogP contribution >= 0.6 is 11.6 Å². The second-order valence-electron chi connectivity index (χ2n) is 6.06. The first-order valence-electron chi connectivity index (χ1n) is 8.49. The van der Waals surface area contributed by atoms with E-state index in [0.717, 1.165) is 11.1 Å². The minimum absolute atomic E-state index is 0.247. The van der Waals surface area contributed by atoms with Gasteiger partial charge in [0.25, 0.3) is 5.91 Å². The number of halogens is 1. The molecule has 0 unspecified atom stereocenters. The van der Waals surface area contributed by atoms with Gasteiger partial charge in [0.15, 0.2) is 11.5 Å². The van der Waals surface area contributed by atoms with Crippen molar-refractivity contribution < 1.29 is 14.3 Å². The third-order valence-corrected chi connectivity index (χ3v) is 4.50. The van der Waals surface area contributed by atoms with Gasteiger partial charge in [-0.2, -0.15) is 0 Å². The predicted molar refractivity (Wildman–Crippen MR) is 108 cm³/mol. The second kappa shape index (κ2) is 8.60. The first kappa shape index (κ1) is 18.8. The summed E-state index contributed by atoms with van der Waals surface area (Å²) in [4.78, 5) is 12.5. The van der Waals surface area contributed by atoms with Gasteiger partial charge < -0.3 is 14.8 Å². The number of benzene rings is 3. The van der Waals surface area contributed by atoms with Gasteiger partial charge in [-0.25, -0.2) is 0 Å². The number of amides is 1. The Morgan fingerprint density at radius 1 is 1.00 bits per heavy atom. The average Bonchev–Trinajstić information content (AvgIpc) is 2.69. The number of hydrogen-bond acceptors (Lipinski definition) is 3. The van der Waals surface area contributed by atoms with Gasteiger partial charge in [-0.15, -0.1) is 0 Å². The zero-order chi connectivity index (χ0) is 19.2. The number of rotatable bonds is 6. The van der Waals surface area contributed by atoms with Gasteiger partial charge in [0.05, 0.1) is 7.11 Å². The Kier molecular flexibility index (Phi) is 5.99. The molecule has 3 aromatic carbocycles. The fraction of sp³-hybridized carbons (Fsp3) is 0.136. The standard InChI is InChI=1S/C22H20ClNO3/c1-15-8-10-18(13-19(15)23)24-22(25)17-9-11-20(21(12-17)26-2)27-14-16-6-4-3-5-7-16/h3-13H,14H2,1-2H3,(H,24,25). The summed E-state index contributed by atoms with van der Waals surface area (Å²) in [5.74, 6) is 0.833. The molecule has 0 atom stereocenters. The zero-order valence-electron chi connectivity index (χ0n) is 15.2. The summed E-state index contributed by atoms with van der Waals surface area (Å²) in [6.45, 7) is 2.33. The lowest BCUT2D eigenvalue weighted by Gasteiger charge is -2.13. The van der Waals surface area contributed by atoms with E-state index in [-0.39, 0.29) is 5.91 Å². The van der Waals surface area contributed by atoms with Crippen LogP contribution in [-0.2, 0) is 6.61 Å². The van der Waals surface area contributed by atoms with E-state index >= 15 is 0 Å². The number of nitrogens with one attached hydrogen (secondary N) is 1. The lowest BCUT2D eigenvalue weighted by Crippen LogP contribution is -2.12. The van der Waals surface area contributed by atoms with Crippen molar-refractivity contribution in [3.8, 4) is 11.5 Å². The summed E-state index contributed by atoms with van der Waals surface area (Å²) in [5.41, 5.74) is 3.11. The smallest absolute Gasteiger partial charge is 0.255 e. The monoisotopic (exact) mass is 381 g/mol. The van der Waals surface area contributed by atoms with E-state index in [1.54, 1.807) is 31.4 Å². The molecule has 0 heterocycles. The molecule has 0 spiro atoms. The molecule has 138 valence electrons. The van der Waals surface area contributed by atoms with Gasteiger partial charge in [-0.1, -0.05) is 48.0 Å². The fourth-order valence-electron chi connectivity index (χ4n) is 2.54. The molecule has 0 fully saturated rings. The molecule has 0 radical (unpaired) electrons. The van der Waals surface area contributed by atoms with E-state index in [9.17, 15) is 4.79 Å². The molecule has 0 saturated heterocycles. The van der Waals surface area contributed by atoms with Crippen molar-refractivity contribution >= 4 is 23.2 Å². The summed E-state index contributed by atoms with van der Waals surface area (Å²) in [6.07, 6.45) is 0. The molecule has 5 heteroatoms. The molecule has 0 aliphatic carbocycles. The van der Waals surface area contributed by atoms with Gasteiger partial charge in [0.2, 0.25) is 0 Å². The Hall–Kier alpha value is -2.98. The number of aryl methyl sites for hydroxylation is 1. The Morgan fingerprint density at radius 2 is 1.78 bits per heavy atom. The molecule has 0 saturated carbocycles. The van der Waals surface area contributed by atoms with Gasteiger partial charge in [0.1, 0.15) is 6.61 Å². The van der Waals surface area contributed by atoms with Crippen LogP contribution in [0.3, 0.4) is 0 Å². The summed E-state index contributed by atoms with van der Waals surface area (Å²) < 4.78 is 11.2. The molecule has 1 amide bonds. The first-order valence-corrected chi connectivity index (χ1v) is 8.87. The highest BCUT2D eigenvalue weighted by Crippen LogP contribution is 2.29. The summed E-state index contributed by atoms with van der Waals surface area (Å²) in [6, 6.07) is 20.3. The summed E-state index contributed by atoms with van der Waals surface area (Å²) in [7, 11) is 1.55. The van der Waals surface area contributed by atoms with E-state index in [4.69, 9.17) is 21.1 Å². The van der Waals surface area contributed by atoms with Crippen molar-refractivity contribution in [3.63, 3.8) is 0 Å². The lowest BCUT2D eigenvalue weighted by atomic mass is 10.1. The molecular formula is C22H20ClNO3. The Labute approximate surface area is 163 Å². The number of anilines is 1. The van der Waals surface area contributed by atoms with Gasteiger partial charge in [-0.3, -0.25) is 4.79 Å². The van der Waals surface area contributed by atoms with Crippen molar-refractivity contribution in [1.29, 1.82) is 0 Å². The number of ether oxygens (including phenoxy) is 2. The normalized spacial score (nSPS) is 10.3. The molecule has 27 heavy (non-hydrogen) atoms. The molecule has 3 aromatic rings. The number of hydrogen-bond donors (Lipinski definition) is 1. The summed E-state index contributed by atoms with van der Waals surface area (Å²) >= 11 is 6.11. The van der Waals surface area contributed by atoms with Crippen LogP contribution in [-0.4, -0.2) is 13.0 Å². The maximum absolute atomic E-state index is 12.5. The van der Waals surface area contributed by atoms with Crippen molar-refractivity contribution in [2.45, 2.75) is 13.5 Å². The van der Waals surface area contributed by atoms with Crippen molar-refractivity contribution in [3.05, 3.63) is 88.4 Å². The minimum Gasteiger partial charge on any atom is -0.493 e. The molecule has 1 N–H and O–H groups in total. The van der Waals surface area contributed by atoms with Crippen LogP contribution in [0.2, 0.25) is 5.02 Å². The number of carbonyl (C=O) groups is 1. The Balaban J connectivity index is 1.72. The molecule has 0 aliphatic heterocycles. The van der Waals surface area contributed by atoms with Crippen molar-refractivity contribution in [1.82, 2.24) is 0 Å². The topological polar surface area (TPSA) is 47.6 Å². The first-order chi connectivity index (χ1) is 13.1. The molecule has 0 bridgehead atoms. The third kappa shape index (κ3) is 4.80. The molecular weight excluding hydrogens is 362 g/mol. The van der Waals surface area contributed by atoms with Gasteiger partial charge in [0, 0.05) is 16.3 Å². The summed E-state index contributed by atoms with van der Waals surface area (Å²) in [5, 5.41) is 3.44. The largest absolute Gasteiger partial charge is 0.493 e. The Morgan fingerprint density at radius 3 is 2.48 bits per heavy atom. The fourth-order valence-corrected chi connectivity index (χ4v) is 2.72. The van der Waals surface area contributed by atoms with E-state index < -0.39 is 0 Å². The predicted octanol–water partition coefficient (Wildman–Crippen LogP) is 5.49. The number of methoxy groups -OCH3 is 1. The van der Waals surface area contributed by atoms with Crippen LogP contribution in [0, 0.1) is 6.92 Å². The highest BCUT2D eigenvalue weighted by Gasteiger charge is 2.12. The quantitative estimate of drug-likeness (QED) is 0.614. The lowest BCUT2D eigenvalue weighted by molar-refractivity contribution is 0.102. The van der Waals surface area contributed by atoms with Crippen LogP contribution in [0.15, 0.2) is 66.7 Å². The minimum atomic E-state index is -0.247. The highest BCUT2D eigenvalue weighted by atomic mass is 35.5. The van der Waals surface area contributed by atoms with Gasteiger partial charge >= 0.3 is 0 Å². The SMILES string of the molecule is COc1cc(C(=O)Nc2ccc(C)c(Cl)c2)ccc1OCc1ccccc1. The maximum Gasteiger partial charge on any atom is 0.255 e. The van der Waals surface area contributed by atoms with Crippen LogP contribution in [0.5, 0.6) is 11.5 Å². The molecule has 4 nitrogen and oxygen atoms in total. The van der Waals surface area contributed by atoms with E-state index in [0.29, 0.717) is 34.4 Å².